The molecule has 1 heterocycles. The molecular formula is C15H19NO5. The van der Waals surface area contributed by atoms with Crippen LogP contribution >= 0.6 is 0 Å². The number of likely N-dealkylation sites (tertiary alicyclic amines) is 1. The molecule has 1 amide bonds. The lowest BCUT2D eigenvalue weighted by Gasteiger charge is -2.21. The summed E-state index contributed by atoms with van der Waals surface area (Å²) >= 11 is 0. The van der Waals surface area contributed by atoms with Crippen molar-refractivity contribution in [2.75, 3.05) is 6.54 Å². The molecule has 1 fully saturated rings. The van der Waals surface area contributed by atoms with E-state index in [2.05, 4.69) is 0 Å². The SMILES string of the molecule is CC(C)Oc1cccc(C(=O)N2CC(O)C[C@H]2C(=O)O)c1. The van der Waals surface area contributed by atoms with Gasteiger partial charge in [-0.3, -0.25) is 4.79 Å². The Hall–Kier alpha value is -2.08. The van der Waals surface area contributed by atoms with Gasteiger partial charge in [-0.25, -0.2) is 4.79 Å². The smallest absolute Gasteiger partial charge is 0.326 e. The minimum absolute atomic E-state index is 0.0178. The topological polar surface area (TPSA) is 87.1 Å². The van der Waals surface area contributed by atoms with Gasteiger partial charge in [0, 0.05) is 18.5 Å². The van der Waals surface area contributed by atoms with E-state index in [0.717, 1.165) is 0 Å². The van der Waals surface area contributed by atoms with E-state index in [1.807, 2.05) is 13.8 Å². The van der Waals surface area contributed by atoms with Gasteiger partial charge in [0.2, 0.25) is 0 Å². The number of nitrogens with zero attached hydrogens (tertiary/aromatic N) is 1. The van der Waals surface area contributed by atoms with E-state index in [1.54, 1.807) is 24.3 Å². The molecule has 0 aliphatic carbocycles. The summed E-state index contributed by atoms with van der Waals surface area (Å²) < 4.78 is 5.53. The normalized spacial score (nSPS) is 21.6. The summed E-state index contributed by atoms with van der Waals surface area (Å²) in [7, 11) is 0. The summed E-state index contributed by atoms with van der Waals surface area (Å²) in [6.45, 7) is 3.79. The van der Waals surface area contributed by atoms with Gasteiger partial charge in [-0.05, 0) is 32.0 Å². The summed E-state index contributed by atoms with van der Waals surface area (Å²) in [4.78, 5) is 24.8. The van der Waals surface area contributed by atoms with Gasteiger partial charge in [-0.2, -0.15) is 0 Å². The molecule has 6 heteroatoms. The van der Waals surface area contributed by atoms with E-state index >= 15 is 0 Å². The van der Waals surface area contributed by atoms with Gasteiger partial charge >= 0.3 is 5.97 Å². The number of hydrogen-bond donors (Lipinski definition) is 2. The molecular weight excluding hydrogens is 274 g/mol. The van der Waals surface area contributed by atoms with Crippen molar-refractivity contribution in [1.29, 1.82) is 0 Å². The Bertz CT molecular complexity index is 543. The van der Waals surface area contributed by atoms with E-state index < -0.39 is 24.0 Å². The van der Waals surface area contributed by atoms with Crippen molar-refractivity contribution in [1.82, 2.24) is 4.90 Å². The molecule has 6 nitrogen and oxygen atoms in total. The molecule has 2 N–H and O–H groups in total. The first-order chi connectivity index (χ1) is 9.88. The largest absolute Gasteiger partial charge is 0.491 e. The van der Waals surface area contributed by atoms with Gasteiger partial charge in [0.25, 0.3) is 5.91 Å². The van der Waals surface area contributed by atoms with Crippen LogP contribution in [0.15, 0.2) is 24.3 Å². The molecule has 0 aromatic heterocycles. The molecule has 0 saturated carbocycles. The summed E-state index contributed by atoms with van der Waals surface area (Å²) in [5.41, 5.74) is 0.355. The van der Waals surface area contributed by atoms with E-state index in [1.165, 1.54) is 4.90 Å². The number of ether oxygens (including phenoxy) is 1. The third kappa shape index (κ3) is 3.52. The number of benzene rings is 1. The van der Waals surface area contributed by atoms with Crippen LogP contribution in [0, 0.1) is 0 Å². The maximum Gasteiger partial charge on any atom is 0.326 e. The van der Waals surface area contributed by atoms with Crippen molar-refractivity contribution < 1.29 is 24.5 Å². The minimum Gasteiger partial charge on any atom is -0.491 e. The zero-order valence-corrected chi connectivity index (χ0v) is 12.0. The average molecular weight is 293 g/mol. The van der Waals surface area contributed by atoms with Crippen LogP contribution in [0.5, 0.6) is 5.75 Å². The van der Waals surface area contributed by atoms with Gasteiger partial charge in [-0.15, -0.1) is 0 Å². The van der Waals surface area contributed by atoms with Gasteiger partial charge in [-0.1, -0.05) is 6.07 Å². The van der Waals surface area contributed by atoms with Gasteiger partial charge in [0.05, 0.1) is 12.2 Å². The van der Waals surface area contributed by atoms with Crippen LogP contribution in [0.25, 0.3) is 0 Å². The zero-order valence-electron chi connectivity index (χ0n) is 12.0. The van der Waals surface area contributed by atoms with Crippen molar-refractivity contribution in [2.24, 2.45) is 0 Å². The Morgan fingerprint density at radius 3 is 2.71 bits per heavy atom. The van der Waals surface area contributed by atoms with Crippen LogP contribution < -0.4 is 4.74 Å². The molecule has 2 rings (SSSR count). The second-order valence-corrected chi connectivity index (χ2v) is 5.40. The monoisotopic (exact) mass is 293 g/mol. The zero-order chi connectivity index (χ0) is 15.6. The number of amides is 1. The Kier molecular flexibility index (Phi) is 4.47. The number of aliphatic hydroxyl groups is 1. The highest BCUT2D eigenvalue weighted by atomic mass is 16.5. The third-order valence-electron chi connectivity index (χ3n) is 3.28. The summed E-state index contributed by atoms with van der Waals surface area (Å²) in [5.74, 6) is -0.954. The van der Waals surface area contributed by atoms with E-state index in [-0.39, 0.29) is 19.1 Å². The molecule has 0 spiro atoms. The molecule has 1 saturated heterocycles. The summed E-state index contributed by atoms with van der Waals surface area (Å²) in [6, 6.07) is 5.64. The lowest BCUT2D eigenvalue weighted by atomic mass is 10.1. The highest BCUT2D eigenvalue weighted by Crippen LogP contribution is 2.23. The number of hydrogen-bond acceptors (Lipinski definition) is 4. The van der Waals surface area contributed by atoms with E-state index in [9.17, 15) is 14.7 Å². The van der Waals surface area contributed by atoms with Crippen LogP contribution in [0.2, 0.25) is 0 Å². The first-order valence-electron chi connectivity index (χ1n) is 6.87. The molecule has 1 aliphatic heterocycles. The molecule has 1 aliphatic rings. The molecule has 2 atom stereocenters. The number of carbonyl (C=O) groups is 2. The van der Waals surface area contributed by atoms with Crippen molar-refractivity contribution in [2.45, 2.75) is 38.5 Å². The number of β-amino-alcohol motifs (C(OH)–C–C–N with tert-alkyl or cyclic N) is 1. The van der Waals surface area contributed by atoms with E-state index in [4.69, 9.17) is 9.84 Å². The highest BCUT2D eigenvalue weighted by Gasteiger charge is 2.39. The van der Waals surface area contributed by atoms with E-state index in [0.29, 0.717) is 11.3 Å². The van der Waals surface area contributed by atoms with Crippen LogP contribution in [0.3, 0.4) is 0 Å². The number of aliphatic hydroxyl groups excluding tert-OH is 1. The Morgan fingerprint density at radius 1 is 1.38 bits per heavy atom. The van der Waals surface area contributed by atoms with Crippen molar-refractivity contribution in [3.63, 3.8) is 0 Å². The average Bonchev–Trinajstić information content (AvgIpc) is 2.80. The van der Waals surface area contributed by atoms with Crippen LogP contribution in [-0.4, -0.2) is 51.8 Å². The van der Waals surface area contributed by atoms with Crippen LogP contribution in [-0.2, 0) is 4.79 Å². The predicted octanol–water partition coefficient (Wildman–Crippen LogP) is 1.13. The molecule has 1 unspecified atom stereocenters. The lowest BCUT2D eigenvalue weighted by Crippen LogP contribution is -2.40. The summed E-state index contributed by atoms with van der Waals surface area (Å²) in [6.07, 6.45) is -0.760. The fraction of sp³-hybridized carbons (Fsp3) is 0.467. The molecule has 21 heavy (non-hydrogen) atoms. The number of rotatable bonds is 4. The Labute approximate surface area is 122 Å². The number of carbonyl (C=O) groups excluding carboxylic acids is 1. The maximum absolute atomic E-state index is 12.4. The van der Waals surface area contributed by atoms with Gasteiger partial charge in [0.15, 0.2) is 0 Å². The molecule has 1 aromatic carbocycles. The van der Waals surface area contributed by atoms with Gasteiger partial charge in [0.1, 0.15) is 11.8 Å². The lowest BCUT2D eigenvalue weighted by molar-refractivity contribution is -0.141. The quantitative estimate of drug-likeness (QED) is 0.869. The second kappa shape index (κ2) is 6.13. The van der Waals surface area contributed by atoms with Crippen LogP contribution in [0.4, 0.5) is 0 Å². The van der Waals surface area contributed by atoms with Crippen LogP contribution in [0.1, 0.15) is 30.6 Å². The standard InChI is InChI=1S/C15H19NO5/c1-9(2)21-12-5-3-4-10(6-12)14(18)16-8-11(17)7-13(16)15(19)20/h3-6,9,11,13,17H,7-8H2,1-2H3,(H,19,20)/t11?,13-/m0/s1. The van der Waals surface area contributed by atoms with Crippen molar-refractivity contribution in [3.05, 3.63) is 29.8 Å². The fourth-order valence-corrected chi connectivity index (χ4v) is 2.41. The Balaban J connectivity index is 2.21. The van der Waals surface area contributed by atoms with Crippen molar-refractivity contribution in [3.8, 4) is 5.75 Å². The number of carboxylic acids is 1. The molecule has 0 bridgehead atoms. The number of carboxylic acid groups (broad SMARTS) is 1. The predicted molar refractivity (Wildman–Crippen MR) is 75.3 cm³/mol. The maximum atomic E-state index is 12.4. The summed E-state index contributed by atoms with van der Waals surface area (Å²) in [5, 5.41) is 18.7. The second-order valence-electron chi connectivity index (χ2n) is 5.40. The third-order valence-corrected chi connectivity index (χ3v) is 3.28. The highest BCUT2D eigenvalue weighted by molar-refractivity contribution is 5.97. The molecule has 114 valence electrons. The molecule has 0 radical (unpaired) electrons. The first kappa shape index (κ1) is 15.3. The van der Waals surface area contributed by atoms with Crippen molar-refractivity contribution >= 4 is 11.9 Å². The first-order valence-corrected chi connectivity index (χ1v) is 6.87. The fourth-order valence-electron chi connectivity index (χ4n) is 2.41. The molecule has 1 aromatic rings. The minimum atomic E-state index is -1.10. The van der Waals surface area contributed by atoms with Gasteiger partial charge < -0.3 is 19.8 Å². The Morgan fingerprint density at radius 2 is 2.10 bits per heavy atom. The number of aliphatic carboxylic acids is 1.